The van der Waals surface area contributed by atoms with Crippen LogP contribution in [0.2, 0.25) is 0 Å². The third-order valence-corrected chi connectivity index (χ3v) is 3.98. The molecule has 1 aromatic rings. The fourth-order valence-corrected chi connectivity index (χ4v) is 2.09. The molecule has 1 fully saturated rings. The van der Waals surface area contributed by atoms with E-state index in [-0.39, 0.29) is 6.42 Å². The minimum atomic E-state index is -0.660. The van der Waals surface area contributed by atoms with Gasteiger partial charge in [0.2, 0.25) is 0 Å². The Hall–Kier alpha value is -1.71. The SMILES string of the molecule is CC1(C)OB(c2c(C#N)cncc2CC=O)OC1(C)C. The van der Waals surface area contributed by atoms with Gasteiger partial charge < -0.3 is 14.1 Å². The lowest BCUT2D eigenvalue weighted by Gasteiger charge is -2.32. The highest BCUT2D eigenvalue weighted by molar-refractivity contribution is 6.63. The van der Waals surface area contributed by atoms with Crippen molar-refractivity contribution in [1.29, 1.82) is 5.26 Å². The molecule has 104 valence electrons. The van der Waals surface area contributed by atoms with Crippen LogP contribution in [0.25, 0.3) is 0 Å². The van der Waals surface area contributed by atoms with Crippen molar-refractivity contribution in [3.63, 3.8) is 0 Å². The summed E-state index contributed by atoms with van der Waals surface area (Å²) >= 11 is 0. The highest BCUT2D eigenvalue weighted by atomic mass is 16.7. The third kappa shape index (κ3) is 2.35. The van der Waals surface area contributed by atoms with Crippen molar-refractivity contribution in [2.75, 3.05) is 0 Å². The number of carbonyl (C=O) groups is 1. The Morgan fingerprint density at radius 1 is 1.30 bits per heavy atom. The van der Waals surface area contributed by atoms with Crippen molar-refractivity contribution in [2.45, 2.75) is 45.3 Å². The number of rotatable bonds is 3. The van der Waals surface area contributed by atoms with Crippen LogP contribution in [-0.4, -0.2) is 29.6 Å². The molecule has 0 N–H and O–H groups in total. The Kier molecular flexibility index (Phi) is 3.68. The van der Waals surface area contributed by atoms with Gasteiger partial charge in [-0.3, -0.25) is 4.98 Å². The van der Waals surface area contributed by atoms with E-state index in [9.17, 15) is 10.1 Å². The predicted molar refractivity (Wildman–Crippen MR) is 74.4 cm³/mol. The van der Waals surface area contributed by atoms with Crippen molar-refractivity contribution < 1.29 is 14.1 Å². The molecule has 1 aromatic heterocycles. The molecular formula is C14H17BN2O3. The normalized spacial score (nSPS) is 19.6. The van der Waals surface area contributed by atoms with Crippen LogP contribution in [-0.2, 0) is 20.5 Å². The molecule has 1 aliphatic heterocycles. The summed E-state index contributed by atoms with van der Waals surface area (Å²) in [6.07, 6.45) is 4.01. The molecule has 0 aromatic carbocycles. The first-order valence-corrected chi connectivity index (χ1v) is 6.48. The minimum absolute atomic E-state index is 0.182. The summed E-state index contributed by atoms with van der Waals surface area (Å²) in [4.78, 5) is 14.8. The van der Waals surface area contributed by atoms with E-state index >= 15 is 0 Å². The largest absolute Gasteiger partial charge is 0.496 e. The van der Waals surface area contributed by atoms with Gasteiger partial charge in [-0.05, 0) is 33.3 Å². The van der Waals surface area contributed by atoms with Gasteiger partial charge in [-0.15, -0.1) is 0 Å². The Labute approximate surface area is 119 Å². The summed E-state index contributed by atoms with van der Waals surface area (Å²) in [5.74, 6) is 0. The van der Waals surface area contributed by atoms with Gasteiger partial charge in [0.05, 0.1) is 16.8 Å². The Balaban J connectivity index is 2.49. The second-order valence-electron chi connectivity index (χ2n) is 5.83. The van der Waals surface area contributed by atoms with E-state index in [1.54, 1.807) is 6.20 Å². The van der Waals surface area contributed by atoms with Gasteiger partial charge in [-0.1, -0.05) is 0 Å². The molecule has 0 atom stereocenters. The number of aromatic nitrogens is 1. The van der Waals surface area contributed by atoms with Crippen LogP contribution in [0.5, 0.6) is 0 Å². The lowest BCUT2D eigenvalue weighted by atomic mass is 9.73. The zero-order valence-corrected chi connectivity index (χ0v) is 12.1. The van der Waals surface area contributed by atoms with Gasteiger partial charge in [0, 0.05) is 24.3 Å². The summed E-state index contributed by atoms with van der Waals surface area (Å²) in [5.41, 5.74) is 0.659. The second kappa shape index (κ2) is 5.00. The third-order valence-electron chi connectivity index (χ3n) is 3.98. The van der Waals surface area contributed by atoms with Gasteiger partial charge in [0.1, 0.15) is 12.4 Å². The fourth-order valence-electron chi connectivity index (χ4n) is 2.09. The summed E-state index contributed by atoms with van der Waals surface area (Å²) in [6.45, 7) is 7.78. The van der Waals surface area contributed by atoms with Crippen LogP contribution >= 0.6 is 0 Å². The molecule has 6 heteroatoms. The number of carbonyl (C=O) groups excluding carboxylic acids is 1. The Morgan fingerprint density at radius 2 is 1.90 bits per heavy atom. The van der Waals surface area contributed by atoms with Crippen LogP contribution in [0.4, 0.5) is 0 Å². The van der Waals surface area contributed by atoms with Crippen LogP contribution in [0.15, 0.2) is 12.4 Å². The summed E-state index contributed by atoms with van der Waals surface area (Å²) < 4.78 is 11.9. The molecule has 2 rings (SSSR count). The molecule has 0 aliphatic carbocycles. The van der Waals surface area contributed by atoms with Crippen LogP contribution in [0.3, 0.4) is 0 Å². The zero-order valence-electron chi connectivity index (χ0n) is 12.1. The summed E-state index contributed by atoms with van der Waals surface area (Å²) in [7, 11) is -0.660. The molecular weight excluding hydrogens is 255 g/mol. The molecule has 1 saturated heterocycles. The minimum Gasteiger partial charge on any atom is -0.399 e. The number of pyridine rings is 1. The van der Waals surface area contributed by atoms with E-state index in [1.807, 2.05) is 27.7 Å². The number of nitrogens with zero attached hydrogens (tertiary/aromatic N) is 2. The predicted octanol–water partition coefficient (Wildman–Crippen LogP) is 0.994. The van der Waals surface area contributed by atoms with Gasteiger partial charge >= 0.3 is 7.12 Å². The first-order valence-electron chi connectivity index (χ1n) is 6.48. The molecule has 0 radical (unpaired) electrons. The smallest absolute Gasteiger partial charge is 0.399 e. The molecule has 5 nitrogen and oxygen atoms in total. The number of hydrogen-bond acceptors (Lipinski definition) is 5. The molecule has 20 heavy (non-hydrogen) atoms. The maximum absolute atomic E-state index is 10.8. The first-order chi connectivity index (χ1) is 9.32. The average Bonchev–Trinajstić information content (AvgIpc) is 2.58. The quantitative estimate of drug-likeness (QED) is 0.606. The first kappa shape index (κ1) is 14.7. The summed E-state index contributed by atoms with van der Waals surface area (Å²) in [6, 6.07) is 2.09. The van der Waals surface area contributed by atoms with E-state index in [1.165, 1.54) is 6.20 Å². The number of aldehydes is 1. The van der Waals surface area contributed by atoms with Crippen molar-refractivity contribution in [2.24, 2.45) is 0 Å². The topological polar surface area (TPSA) is 72.2 Å². The van der Waals surface area contributed by atoms with Crippen molar-refractivity contribution in [1.82, 2.24) is 4.98 Å². The van der Waals surface area contributed by atoms with Crippen molar-refractivity contribution in [3.8, 4) is 6.07 Å². The molecule has 0 bridgehead atoms. The molecule has 0 amide bonds. The monoisotopic (exact) mass is 272 g/mol. The van der Waals surface area contributed by atoms with Gasteiger partial charge in [-0.25, -0.2) is 0 Å². The van der Waals surface area contributed by atoms with E-state index in [2.05, 4.69) is 11.1 Å². The second-order valence-corrected chi connectivity index (χ2v) is 5.83. The van der Waals surface area contributed by atoms with Crippen molar-refractivity contribution in [3.05, 3.63) is 23.5 Å². The van der Waals surface area contributed by atoms with Gasteiger partial charge in [-0.2, -0.15) is 5.26 Å². The van der Waals surface area contributed by atoms with Crippen LogP contribution < -0.4 is 5.46 Å². The average molecular weight is 272 g/mol. The van der Waals surface area contributed by atoms with Gasteiger partial charge in [0.25, 0.3) is 0 Å². The number of hydrogen-bond donors (Lipinski definition) is 0. The summed E-state index contributed by atoms with van der Waals surface area (Å²) in [5, 5.41) is 9.24. The maximum atomic E-state index is 10.8. The Morgan fingerprint density at radius 3 is 2.40 bits per heavy atom. The van der Waals surface area contributed by atoms with E-state index in [0.29, 0.717) is 16.6 Å². The van der Waals surface area contributed by atoms with Gasteiger partial charge in [0.15, 0.2) is 0 Å². The molecule has 0 unspecified atom stereocenters. The molecule has 0 spiro atoms. The van der Waals surface area contributed by atoms with E-state index in [4.69, 9.17) is 9.31 Å². The van der Waals surface area contributed by atoms with E-state index in [0.717, 1.165) is 6.29 Å². The lowest BCUT2D eigenvalue weighted by Crippen LogP contribution is -2.41. The standard InChI is InChI=1S/C14H17BN2O3/c1-13(2)14(3,4)20-15(19-13)12-10(5-6-18)8-17-9-11(12)7-16/h6,8-9H,5H2,1-4H3. The lowest BCUT2D eigenvalue weighted by molar-refractivity contribution is -0.107. The van der Waals surface area contributed by atoms with Crippen LogP contribution in [0, 0.1) is 11.3 Å². The maximum Gasteiger partial charge on any atom is 0.496 e. The molecule has 2 heterocycles. The van der Waals surface area contributed by atoms with Crippen LogP contribution in [0.1, 0.15) is 38.8 Å². The molecule has 1 aliphatic rings. The highest BCUT2D eigenvalue weighted by Gasteiger charge is 2.52. The number of nitriles is 1. The van der Waals surface area contributed by atoms with Crippen molar-refractivity contribution >= 4 is 18.9 Å². The zero-order chi connectivity index (χ0) is 15.0. The van der Waals surface area contributed by atoms with E-state index < -0.39 is 18.3 Å². The fraction of sp³-hybridized carbons (Fsp3) is 0.500. The highest BCUT2D eigenvalue weighted by Crippen LogP contribution is 2.36. The Bertz CT molecular complexity index is 562. The molecule has 0 saturated carbocycles.